The molecule has 2 atom stereocenters. The first kappa shape index (κ1) is 13.5. The van der Waals surface area contributed by atoms with E-state index in [1.54, 1.807) is 6.07 Å². The Balaban J connectivity index is 1.91. The van der Waals surface area contributed by atoms with Gasteiger partial charge in [-0.25, -0.2) is 0 Å². The van der Waals surface area contributed by atoms with E-state index < -0.39 is 0 Å². The molecule has 1 aromatic rings. The zero-order valence-electron chi connectivity index (χ0n) is 9.88. The molecule has 17 heavy (non-hydrogen) atoms. The van der Waals surface area contributed by atoms with Crippen LogP contribution in [-0.4, -0.2) is 17.5 Å². The number of hydrogen-bond acceptors (Lipinski definition) is 2. The number of hydrogen-bond donors (Lipinski definition) is 1. The maximum Gasteiger partial charge on any atom is 0.0468 e. The van der Waals surface area contributed by atoms with Gasteiger partial charge >= 0.3 is 0 Å². The Morgan fingerprint density at radius 3 is 2.94 bits per heavy atom. The third-order valence-corrected chi connectivity index (χ3v) is 5.07. The second-order valence-corrected chi connectivity index (χ2v) is 6.68. The van der Waals surface area contributed by atoms with Gasteiger partial charge in [0.2, 0.25) is 0 Å². The normalized spacial score (nSPS) is 21.7. The van der Waals surface area contributed by atoms with E-state index in [2.05, 4.69) is 24.0 Å². The molecule has 0 bridgehead atoms. The minimum absolute atomic E-state index is 0.279. The average Bonchev–Trinajstić information content (AvgIpc) is 2.78. The molecular weight excluding hydrogens is 273 g/mol. The summed E-state index contributed by atoms with van der Waals surface area (Å²) in [7, 11) is 0. The van der Waals surface area contributed by atoms with Crippen LogP contribution in [0.15, 0.2) is 18.2 Å². The van der Waals surface area contributed by atoms with Crippen LogP contribution >= 0.6 is 35.0 Å². The van der Waals surface area contributed by atoms with Crippen molar-refractivity contribution >= 4 is 35.0 Å². The van der Waals surface area contributed by atoms with Crippen molar-refractivity contribution in [1.82, 2.24) is 5.32 Å². The summed E-state index contributed by atoms with van der Waals surface area (Å²) in [5.41, 5.74) is 1.12. The van der Waals surface area contributed by atoms with Gasteiger partial charge in [-0.1, -0.05) is 29.3 Å². The molecule has 1 aliphatic rings. The molecular formula is C13H17Cl2NS. The van der Waals surface area contributed by atoms with Gasteiger partial charge in [-0.05, 0) is 43.2 Å². The second-order valence-electron chi connectivity index (χ2n) is 4.43. The maximum atomic E-state index is 6.19. The van der Waals surface area contributed by atoms with E-state index in [0.29, 0.717) is 5.02 Å². The van der Waals surface area contributed by atoms with Gasteiger partial charge in [0.25, 0.3) is 0 Å². The highest BCUT2D eigenvalue weighted by molar-refractivity contribution is 8.00. The lowest BCUT2D eigenvalue weighted by Crippen LogP contribution is -2.26. The van der Waals surface area contributed by atoms with Crippen molar-refractivity contribution in [2.45, 2.75) is 31.1 Å². The Hall–Kier alpha value is 0.110. The number of nitrogens with one attached hydrogen (secondary N) is 1. The van der Waals surface area contributed by atoms with Crippen LogP contribution in [0.25, 0.3) is 0 Å². The fraction of sp³-hybridized carbons (Fsp3) is 0.538. The van der Waals surface area contributed by atoms with Gasteiger partial charge in [0, 0.05) is 27.9 Å². The third kappa shape index (κ3) is 3.78. The van der Waals surface area contributed by atoms with Gasteiger partial charge in [0.05, 0.1) is 0 Å². The van der Waals surface area contributed by atoms with E-state index in [-0.39, 0.29) is 6.04 Å². The summed E-state index contributed by atoms with van der Waals surface area (Å²) < 4.78 is 0. The minimum Gasteiger partial charge on any atom is -0.309 e. The lowest BCUT2D eigenvalue weighted by atomic mass is 10.1. The number of rotatable bonds is 4. The first-order chi connectivity index (χ1) is 8.16. The largest absolute Gasteiger partial charge is 0.309 e. The predicted molar refractivity (Wildman–Crippen MR) is 78.4 cm³/mol. The number of halogens is 2. The van der Waals surface area contributed by atoms with Crippen molar-refractivity contribution in [3.05, 3.63) is 33.8 Å². The van der Waals surface area contributed by atoms with Gasteiger partial charge in [0.15, 0.2) is 0 Å². The van der Waals surface area contributed by atoms with Crippen LogP contribution in [0, 0.1) is 0 Å². The van der Waals surface area contributed by atoms with E-state index in [4.69, 9.17) is 23.2 Å². The first-order valence-electron chi connectivity index (χ1n) is 5.97. The quantitative estimate of drug-likeness (QED) is 0.873. The lowest BCUT2D eigenvalue weighted by Gasteiger charge is -2.18. The Morgan fingerprint density at radius 1 is 1.47 bits per heavy atom. The fourth-order valence-corrected chi connectivity index (χ4v) is 3.86. The molecule has 0 radical (unpaired) electrons. The van der Waals surface area contributed by atoms with E-state index >= 15 is 0 Å². The molecule has 2 unspecified atom stereocenters. The van der Waals surface area contributed by atoms with Gasteiger partial charge in [-0.15, -0.1) is 0 Å². The number of thioether (sulfide) groups is 1. The molecule has 1 aromatic carbocycles. The van der Waals surface area contributed by atoms with Gasteiger partial charge < -0.3 is 5.32 Å². The summed E-state index contributed by atoms with van der Waals surface area (Å²) in [6.07, 6.45) is 2.69. The molecule has 1 saturated heterocycles. The SMILES string of the molecule is CC(NCC1CCCS1)c1ccc(Cl)cc1Cl. The minimum atomic E-state index is 0.279. The van der Waals surface area contributed by atoms with Crippen LogP contribution in [-0.2, 0) is 0 Å². The molecule has 0 amide bonds. The monoisotopic (exact) mass is 289 g/mol. The fourth-order valence-electron chi connectivity index (χ4n) is 2.08. The number of benzene rings is 1. The second kappa shape index (κ2) is 6.33. The standard InChI is InChI=1S/C13H17Cl2NS/c1-9(16-8-11-3-2-6-17-11)12-5-4-10(14)7-13(12)15/h4-5,7,9,11,16H,2-3,6,8H2,1H3. The predicted octanol–water partition coefficient (Wildman–Crippen LogP) is 4.54. The van der Waals surface area contributed by atoms with Gasteiger partial charge in [-0.3, -0.25) is 0 Å². The zero-order valence-corrected chi connectivity index (χ0v) is 12.2. The molecule has 0 aromatic heterocycles. The molecule has 4 heteroatoms. The molecule has 0 aliphatic carbocycles. The van der Waals surface area contributed by atoms with Crippen LogP contribution in [0.4, 0.5) is 0 Å². The molecule has 94 valence electrons. The van der Waals surface area contributed by atoms with E-state index in [1.807, 2.05) is 12.1 Å². The highest BCUT2D eigenvalue weighted by Crippen LogP contribution is 2.28. The molecule has 0 spiro atoms. The van der Waals surface area contributed by atoms with Gasteiger partial charge in [0.1, 0.15) is 0 Å². The van der Waals surface area contributed by atoms with Crippen LogP contribution < -0.4 is 5.32 Å². The smallest absolute Gasteiger partial charge is 0.0468 e. The van der Waals surface area contributed by atoms with E-state index in [9.17, 15) is 0 Å². The van der Waals surface area contributed by atoms with Crippen molar-refractivity contribution in [3.63, 3.8) is 0 Å². The maximum absolute atomic E-state index is 6.19. The average molecular weight is 290 g/mol. The van der Waals surface area contributed by atoms with Crippen LogP contribution in [0.5, 0.6) is 0 Å². The molecule has 1 fully saturated rings. The molecule has 1 heterocycles. The lowest BCUT2D eigenvalue weighted by molar-refractivity contribution is 0.559. The van der Waals surface area contributed by atoms with Crippen molar-refractivity contribution in [2.75, 3.05) is 12.3 Å². The Morgan fingerprint density at radius 2 is 2.29 bits per heavy atom. The Kier molecular flexibility index (Phi) is 5.04. The molecule has 0 saturated carbocycles. The molecule has 1 aliphatic heterocycles. The van der Waals surface area contributed by atoms with Crippen LogP contribution in [0.1, 0.15) is 31.4 Å². The van der Waals surface area contributed by atoms with Crippen molar-refractivity contribution < 1.29 is 0 Å². The first-order valence-corrected chi connectivity index (χ1v) is 7.77. The highest BCUT2D eigenvalue weighted by Gasteiger charge is 2.17. The topological polar surface area (TPSA) is 12.0 Å². The molecule has 1 N–H and O–H groups in total. The Labute approximate surface area is 117 Å². The van der Waals surface area contributed by atoms with E-state index in [1.165, 1.54) is 18.6 Å². The van der Waals surface area contributed by atoms with Crippen LogP contribution in [0.2, 0.25) is 10.0 Å². The molecule has 2 rings (SSSR count). The Bertz CT molecular complexity index is 378. The summed E-state index contributed by atoms with van der Waals surface area (Å²) in [5.74, 6) is 1.31. The summed E-state index contributed by atoms with van der Waals surface area (Å²) in [6, 6.07) is 5.98. The van der Waals surface area contributed by atoms with Crippen LogP contribution in [0.3, 0.4) is 0 Å². The summed E-state index contributed by atoms with van der Waals surface area (Å²) in [6.45, 7) is 3.21. The van der Waals surface area contributed by atoms with Crippen molar-refractivity contribution in [3.8, 4) is 0 Å². The third-order valence-electron chi connectivity index (χ3n) is 3.10. The highest BCUT2D eigenvalue weighted by atomic mass is 35.5. The summed E-state index contributed by atoms with van der Waals surface area (Å²) >= 11 is 14.2. The van der Waals surface area contributed by atoms with E-state index in [0.717, 1.165) is 22.4 Å². The molecule has 1 nitrogen and oxygen atoms in total. The zero-order chi connectivity index (χ0) is 12.3. The summed E-state index contributed by atoms with van der Waals surface area (Å²) in [5, 5.41) is 5.76. The van der Waals surface area contributed by atoms with Crippen molar-refractivity contribution in [1.29, 1.82) is 0 Å². The van der Waals surface area contributed by atoms with Gasteiger partial charge in [-0.2, -0.15) is 11.8 Å². The summed E-state index contributed by atoms with van der Waals surface area (Å²) in [4.78, 5) is 0. The van der Waals surface area contributed by atoms with Crippen molar-refractivity contribution in [2.24, 2.45) is 0 Å².